The highest BCUT2D eigenvalue weighted by Gasteiger charge is 2.16. The number of likely N-dealkylation sites (N-methyl/N-ethyl adjacent to an activating group) is 1. The molecule has 6 heteroatoms. The van der Waals surface area contributed by atoms with Crippen molar-refractivity contribution in [3.8, 4) is 0 Å². The number of hydrogen-bond donors (Lipinski definition) is 4. The first kappa shape index (κ1) is 9.70. The summed E-state index contributed by atoms with van der Waals surface area (Å²) in [5, 5.41) is 12.9. The average Bonchev–Trinajstić information content (AvgIpc) is 1.98. The highest BCUT2D eigenvalue weighted by atomic mass is 16.3. The number of hydrogen-bond acceptors (Lipinski definition) is 3. The molecule has 11 heavy (non-hydrogen) atoms. The van der Waals surface area contributed by atoms with E-state index in [1.165, 1.54) is 7.05 Å². The molecule has 0 bridgehead atoms. The van der Waals surface area contributed by atoms with E-state index in [0.29, 0.717) is 0 Å². The van der Waals surface area contributed by atoms with Crippen molar-refractivity contribution in [1.29, 1.82) is 0 Å². The van der Waals surface area contributed by atoms with E-state index in [0.717, 1.165) is 0 Å². The highest BCUT2D eigenvalue weighted by Crippen LogP contribution is 1.80. The zero-order valence-corrected chi connectivity index (χ0v) is 6.13. The number of amides is 3. The van der Waals surface area contributed by atoms with E-state index in [1.807, 2.05) is 0 Å². The molecule has 0 radical (unpaired) electrons. The first-order valence-electron chi connectivity index (χ1n) is 3.00. The average molecular weight is 161 g/mol. The number of urea groups is 1. The summed E-state index contributed by atoms with van der Waals surface area (Å²) in [5.41, 5.74) is 4.72. The molecule has 0 aromatic heterocycles. The van der Waals surface area contributed by atoms with E-state index >= 15 is 0 Å². The van der Waals surface area contributed by atoms with E-state index in [2.05, 4.69) is 10.6 Å². The Bertz CT molecular complexity index is 159. The number of aliphatic hydroxyl groups excluding tert-OH is 1. The summed E-state index contributed by atoms with van der Waals surface area (Å²) in [5.74, 6) is -0.480. The Kier molecular flexibility index (Phi) is 3.97. The van der Waals surface area contributed by atoms with Crippen LogP contribution in [0.4, 0.5) is 4.79 Å². The molecule has 0 rings (SSSR count). The number of nitrogens with two attached hydrogens (primary N) is 1. The normalized spacial score (nSPS) is 11.8. The molecule has 0 unspecified atom stereocenters. The van der Waals surface area contributed by atoms with Crippen LogP contribution in [-0.2, 0) is 4.79 Å². The molecule has 64 valence electrons. The van der Waals surface area contributed by atoms with Gasteiger partial charge in [0.2, 0.25) is 5.91 Å². The third-order valence-corrected chi connectivity index (χ3v) is 1.06. The van der Waals surface area contributed by atoms with Gasteiger partial charge in [0.05, 0.1) is 6.61 Å². The van der Waals surface area contributed by atoms with Crippen LogP contribution in [0.25, 0.3) is 0 Å². The lowest BCUT2D eigenvalue weighted by Crippen LogP contribution is -2.49. The van der Waals surface area contributed by atoms with Crippen molar-refractivity contribution in [1.82, 2.24) is 10.6 Å². The maximum atomic E-state index is 10.7. The van der Waals surface area contributed by atoms with E-state index in [9.17, 15) is 9.59 Å². The minimum atomic E-state index is -0.961. The van der Waals surface area contributed by atoms with Crippen LogP contribution in [0.15, 0.2) is 0 Å². The van der Waals surface area contributed by atoms with Crippen molar-refractivity contribution in [3.63, 3.8) is 0 Å². The van der Waals surface area contributed by atoms with Gasteiger partial charge in [0, 0.05) is 7.05 Å². The number of primary amides is 1. The van der Waals surface area contributed by atoms with Crippen LogP contribution in [0.2, 0.25) is 0 Å². The molecule has 0 fully saturated rings. The Morgan fingerprint density at radius 3 is 2.45 bits per heavy atom. The van der Waals surface area contributed by atoms with Gasteiger partial charge in [-0.25, -0.2) is 4.79 Å². The molecule has 0 spiro atoms. The Morgan fingerprint density at radius 2 is 2.18 bits per heavy atom. The standard InChI is InChI=1S/C5H11N3O3/c1-7-4(10)3(2-9)8-5(6)11/h3,9H,2H2,1H3,(H,7,10)(H3,6,8,11)/t3-/m1/s1. The van der Waals surface area contributed by atoms with Crippen molar-refractivity contribution >= 4 is 11.9 Å². The fourth-order valence-electron chi connectivity index (χ4n) is 0.540. The summed E-state index contributed by atoms with van der Waals surface area (Å²) in [6, 6.07) is -1.80. The molecule has 0 saturated carbocycles. The van der Waals surface area contributed by atoms with Crippen molar-refractivity contribution in [3.05, 3.63) is 0 Å². The summed E-state index contributed by atoms with van der Waals surface area (Å²) in [7, 11) is 1.40. The summed E-state index contributed by atoms with van der Waals surface area (Å²) >= 11 is 0. The Hall–Kier alpha value is -1.30. The molecule has 0 saturated heterocycles. The van der Waals surface area contributed by atoms with E-state index in [4.69, 9.17) is 10.8 Å². The maximum absolute atomic E-state index is 10.7. The van der Waals surface area contributed by atoms with Gasteiger partial charge < -0.3 is 21.5 Å². The molecule has 6 nitrogen and oxygen atoms in total. The number of carbonyl (C=O) groups is 2. The van der Waals surface area contributed by atoms with E-state index in [1.54, 1.807) is 0 Å². The molecule has 0 aliphatic rings. The molecular weight excluding hydrogens is 150 g/mol. The van der Waals surface area contributed by atoms with Gasteiger partial charge in [-0.05, 0) is 0 Å². The zero-order valence-electron chi connectivity index (χ0n) is 6.13. The zero-order chi connectivity index (χ0) is 8.85. The van der Waals surface area contributed by atoms with Crippen LogP contribution in [0.3, 0.4) is 0 Å². The molecule has 0 aromatic carbocycles. The van der Waals surface area contributed by atoms with Gasteiger partial charge in [-0.3, -0.25) is 4.79 Å². The van der Waals surface area contributed by atoms with Gasteiger partial charge in [0.15, 0.2) is 0 Å². The Morgan fingerprint density at radius 1 is 1.64 bits per heavy atom. The first-order valence-corrected chi connectivity index (χ1v) is 3.00. The maximum Gasteiger partial charge on any atom is 0.312 e. The van der Waals surface area contributed by atoms with Crippen LogP contribution in [0.1, 0.15) is 0 Å². The van der Waals surface area contributed by atoms with Crippen LogP contribution >= 0.6 is 0 Å². The Balaban J connectivity index is 3.94. The van der Waals surface area contributed by atoms with Gasteiger partial charge in [-0.15, -0.1) is 0 Å². The van der Waals surface area contributed by atoms with Gasteiger partial charge in [-0.2, -0.15) is 0 Å². The number of rotatable bonds is 3. The predicted octanol–water partition coefficient (Wildman–Crippen LogP) is -2.24. The van der Waals surface area contributed by atoms with Crippen molar-refractivity contribution in [2.24, 2.45) is 5.73 Å². The first-order chi connectivity index (χ1) is 5.11. The van der Waals surface area contributed by atoms with Crippen molar-refractivity contribution in [2.45, 2.75) is 6.04 Å². The molecule has 0 aliphatic carbocycles. The second-order valence-electron chi connectivity index (χ2n) is 1.86. The second kappa shape index (κ2) is 4.51. The Labute approximate surface area is 63.8 Å². The molecule has 1 atom stereocenters. The largest absolute Gasteiger partial charge is 0.394 e. The predicted molar refractivity (Wildman–Crippen MR) is 37.7 cm³/mol. The van der Waals surface area contributed by atoms with Crippen LogP contribution < -0.4 is 16.4 Å². The van der Waals surface area contributed by atoms with Crippen LogP contribution in [-0.4, -0.2) is 36.7 Å². The highest BCUT2D eigenvalue weighted by molar-refractivity contribution is 5.86. The lowest BCUT2D eigenvalue weighted by Gasteiger charge is -2.11. The molecular formula is C5H11N3O3. The van der Waals surface area contributed by atoms with Gasteiger partial charge in [0.1, 0.15) is 6.04 Å². The summed E-state index contributed by atoms with van der Waals surface area (Å²) in [6.07, 6.45) is 0. The van der Waals surface area contributed by atoms with Crippen LogP contribution in [0, 0.1) is 0 Å². The van der Waals surface area contributed by atoms with Crippen LogP contribution in [0.5, 0.6) is 0 Å². The molecule has 0 heterocycles. The minimum absolute atomic E-state index is 0.470. The van der Waals surface area contributed by atoms with E-state index < -0.39 is 24.6 Å². The number of aliphatic hydroxyl groups is 1. The lowest BCUT2D eigenvalue weighted by atomic mass is 10.3. The van der Waals surface area contributed by atoms with Gasteiger partial charge in [0.25, 0.3) is 0 Å². The summed E-state index contributed by atoms with van der Waals surface area (Å²) in [6.45, 7) is -0.470. The number of carbonyl (C=O) groups excluding carboxylic acids is 2. The van der Waals surface area contributed by atoms with Crippen molar-refractivity contribution in [2.75, 3.05) is 13.7 Å². The smallest absolute Gasteiger partial charge is 0.312 e. The monoisotopic (exact) mass is 161 g/mol. The third kappa shape index (κ3) is 3.41. The lowest BCUT2D eigenvalue weighted by molar-refractivity contribution is -0.123. The fraction of sp³-hybridized carbons (Fsp3) is 0.600. The molecule has 3 amide bonds. The number of nitrogens with one attached hydrogen (secondary N) is 2. The molecule has 0 aliphatic heterocycles. The van der Waals surface area contributed by atoms with E-state index in [-0.39, 0.29) is 0 Å². The summed E-state index contributed by atoms with van der Waals surface area (Å²) in [4.78, 5) is 20.9. The molecule has 0 aromatic rings. The third-order valence-electron chi connectivity index (χ3n) is 1.06. The van der Waals surface area contributed by atoms with Gasteiger partial charge in [-0.1, -0.05) is 0 Å². The second-order valence-corrected chi connectivity index (χ2v) is 1.86. The quantitative estimate of drug-likeness (QED) is 0.376. The minimum Gasteiger partial charge on any atom is -0.394 e. The SMILES string of the molecule is CNC(=O)[C@@H](CO)NC(N)=O. The summed E-state index contributed by atoms with van der Waals surface area (Å²) < 4.78 is 0. The van der Waals surface area contributed by atoms with Crippen molar-refractivity contribution < 1.29 is 14.7 Å². The molecule has 5 N–H and O–H groups in total. The topological polar surface area (TPSA) is 104 Å². The van der Waals surface area contributed by atoms with Gasteiger partial charge >= 0.3 is 6.03 Å². The fourth-order valence-corrected chi connectivity index (χ4v) is 0.540.